The molecule has 0 bridgehead atoms. The molecular weight excluding hydrogens is 279 g/mol. The second-order valence-electron chi connectivity index (χ2n) is 4.96. The lowest BCUT2D eigenvalue weighted by molar-refractivity contribution is 0.458. The van der Waals surface area contributed by atoms with Gasteiger partial charge in [-0.3, -0.25) is 4.98 Å². The van der Waals surface area contributed by atoms with Gasteiger partial charge in [-0.15, -0.1) is 0 Å². The quantitative estimate of drug-likeness (QED) is 0.537. The van der Waals surface area contributed by atoms with Crippen molar-refractivity contribution in [1.82, 2.24) is 10.1 Å². The van der Waals surface area contributed by atoms with E-state index < -0.39 is 0 Å². The lowest BCUT2D eigenvalue weighted by Gasteiger charge is -2.05. The van der Waals surface area contributed by atoms with Gasteiger partial charge in [0.15, 0.2) is 5.58 Å². The molecule has 0 aliphatic rings. The third kappa shape index (κ3) is 2.05. The van der Waals surface area contributed by atoms with Crippen molar-refractivity contribution in [3.05, 3.63) is 72.8 Å². The molecule has 0 amide bonds. The highest BCUT2D eigenvalue weighted by molar-refractivity contribution is 5.92. The molecule has 0 aliphatic heterocycles. The van der Waals surface area contributed by atoms with Gasteiger partial charge in [0.2, 0.25) is 0 Å². The molecule has 0 saturated carbocycles. The fourth-order valence-corrected chi connectivity index (χ4v) is 2.50. The maximum atomic E-state index is 14.3. The molecular formula is C18H11FN2O. The first-order chi connectivity index (χ1) is 10.8. The summed E-state index contributed by atoms with van der Waals surface area (Å²) in [5.74, 6) is -0.327. The molecule has 0 aliphatic carbocycles. The zero-order valence-electron chi connectivity index (χ0n) is 11.5. The average molecular weight is 290 g/mol. The molecule has 4 heteroatoms. The predicted octanol–water partition coefficient (Wildman–Crippen LogP) is 4.70. The van der Waals surface area contributed by atoms with Crippen molar-refractivity contribution >= 4 is 11.0 Å². The van der Waals surface area contributed by atoms with Crippen LogP contribution < -0.4 is 0 Å². The minimum atomic E-state index is -0.327. The summed E-state index contributed by atoms with van der Waals surface area (Å²) >= 11 is 0. The minimum Gasteiger partial charge on any atom is -0.356 e. The van der Waals surface area contributed by atoms with Gasteiger partial charge in [-0.25, -0.2) is 4.39 Å². The maximum absolute atomic E-state index is 14.3. The number of rotatable bonds is 2. The van der Waals surface area contributed by atoms with Gasteiger partial charge in [0, 0.05) is 28.9 Å². The fourth-order valence-electron chi connectivity index (χ4n) is 2.50. The van der Waals surface area contributed by atoms with Crippen molar-refractivity contribution in [2.45, 2.75) is 0 Å². The van der Waals surface area contributed by atoms with Crippen molar-refractivity contribution in [1.29, 1.82) is 0 Å². The van der Waals surface area contributed by atoms with Crippen LogP contribution in [0.1, 0.15) is 0 Å². The molecule has 0 saturated heterocycles. The second kappa shape index (κ2) is 5.07. The number of aromatic nitrogens is 2. The molecule has 4 rings (SSSR count). The SMILES string of the molecule is Fc1ccc(-c2cccnc2)cc1-c1noc2ccccc12. The van der Waals surface area contributed by atoms with Crippen LogP contribution in [0, 0.1) is 5.82 Å². The number of halogens is 1. The van der Waals surface area contributed by atoms with E-state index in [9.17, 15) is 4.39 Å². The zero-order chi connectivity index (χ0) is 14.9. The third-order valence-electron chi connectivity index (χ3n) is 3.59. The highest BCUT2D eigenvalue weighted by Gasteiger charge is 2.15. The molecule has 3 nitrogen and oxygen atoms in total. The standard InChI is InChI=1S/C18H11FN2O/c19-16-8-7-12(13-4-3-9-20-11-13)10-15(16)18-14-5-1-2-6-17(14)22-21-18/h1-11H. The summed E-state index contributed by atoms with van der Waals surface area (Å²) in [7, 11) is 0. The van der Waals surface area contributed by atoms with Crippen LogP contribution >= 0.6 is 0 Å². The molecule has 0 radical (unpaired) electrons. The van der Waals surface area contributed by atoms with E-state index in [0.717, 1.165) is 16.5 Å². The number of pyridine rings is 1. The Balaban J connectivity index is 1.92. The second-order valence-corrected chi connectivity index (χ2v) is 4.96. The van der Waals surface area contributed by atoms with E-state index in [-0.39, 0.29) is 5.82 Å². The Morgan fingerprint density at radius 1 is 0.909 bits per heavy atom. The van der Waals surface area contributed by atoms with Crippen molar-refractivity contribution in [2.75, 3.05) is 0 Å². The Hall–Kier alpha value is -3.01. The van der Waals surface area contributed by atoms with E-state index in [1.54, 1.807) is 24.5 Å². The summed E-state index contributed by atoms with van der Waals surface area (Å²) < 4.78 is 19.6. The molecule has 0 unspecified atom stereocenters. The monoisotopic (exact) mass is 290 g/mol. The van der Waals surface area contributed by atoms with Crippen LogP contribution in [-0.4, -0.2) is 10.1 Å². The van der Waals surface area contributed by atoms with Crippen LogP contribution in [0.4, 0.5) is 4.39 Å². The third-order valence-corrected chi connectivity index (χ3v) is 3.59. The van der Waals surface area contributed by atoms with Crippen molar-refractivity contribution in [2.24, 2.45) is 0 Å². The van der Waals surface area contributed by atoms with E-state index in [1.807, 2.05) is 36.4 Å². The topological polar surface area (TPSA) is 38.9 Å². The van der Waals surface area contributed by atoms with Gasteiger partial charge in [0.1, 0.15) is 11.5 Å². The van der Waals surface area contributed by atoms with Crippen LogP contribution in [0.25, 0.3) is 33.4 Å². The molecule has 0 atom stereocenters. The molecule has 2 heterocycles. The van der Waals surface area contributed by atoms with E-state index in [1.165, 1.54) is 6.07 Å². The lowest BCUT2D eigenvalue weighted by atomic mass is 10.0. The van der Waals surface area contributed by atoms with E-state index >= 15 is 0 Å². The minimum absolute atomic E-state index is 0.327. The van der Waals surface area contributed by atoms with Crippen LogP contribution in [0.15, 0.2) is 71.5 Å². The van der Waals surface area contributed by atoms with Gasteiger partial charge in [0.05, 0.1) is 0 Å². The first kappa shape index (κ1) is 12.7. The molecule has 0 N–H and O–H groups in total. The average Bonchev–Trinajstić information content (AvgIpc) is 3.00. The van der Waals surface area contributed by atoms with Crippen LogP contribution in [0.3, 0.4) is 0 Å². The van der Waals surface area contributed by atoms with Gasteiger partial charge >= 0.3 is 0 Å². The summed E-state index contributed by atoms with van der Waals surface area (Å²) in [6.07, 6.45) is 3.46. The summed E-state index contributed by atoms with van der Waals surface area (Å²) in [6, 6.07) is 16.2. The Labute approximate surface area is 126 Å². The highest BCUT2D eigenvalue weighted by Crippen LogP contribution is 2.32. The predicted molar refractivity (Wildman–Crippen MR) is 82.6 cm³/mol. The van der Waals surface area contributed by atoms with E-state index in [4.69, 9.17) is 4.52 Å². The molecule has 0 fully saturated rings. The fraction of sp³-hybridized carbons (Fsp3) is 0. The first-order valence-electron chi connectivity index (χ1n) is 6.88. The normalized spacial score (nSPS) is 11.0. The van der Waals surface area contributed by atoms with Gasteiger partial charge < -0.3 is 4.52 Å². The highest BCUT2D eigenvalue weighted by atomic mass is 19.1. The lowest BCUT2D eigenvalue weighted by Crippen LogP contribution is -1.88. The van der Waals surface area contributed by atoms with Gasteiger partial charge in [-0.05, 0) is 35.9 Å². The smallest absolute Gasteiger partial charge is 0.167 e. The van der Waals surface area contributed by atoms with Crippen LogP contribution in [0.2, 0.25) is 0 Å². The molecule has 2 aromatic carbocycles. The number of nitrogens with zero attached hydrogens (tertiary/aromatic N) is 2. The molecule has 106 valence electrons. The number of fused-ring (bicyclic) bond motifs is 1. The number of hydrogen-bond donors (Lipinski definition) is 0. The first-order valence-corrected chi connectivity index (χ1v) is 6.88. The zero-order valence-corrected chi connectivity index (χ0v) is 11.5. The Morgan fingerprint density at radius 2 is 1.82 bits per heavy atom. The van der Waals surface area contributed by atoms with Gasteiger partial charge in [-0.2, -0.15) is 0 Å². The number of benzene rings is 2. The maximum Gasteiger partial charge on any atom is 0.167 e. The molecule has 2 aromatic heterocycles. The summed E-state index contributed by atoms with van der Waals surface area (Å²) in [5, 5.41) is 4.83. The largest absolute Gasteiger partial charge is 0.356 e. The van der Waals surface area contributed by atoms with Crippen molar-refractivity contribution in [3.8, 4) is 22.4 Å². The Kier molecular flexibility index (Phi) is 2.93. The van der Waals surface area contributed by atoms with Crippen molar-refractivity contribution < 1.29 is 8.91 Å². The van der Waals surface area contributed by atoms with E-state index in [0.29, 0.717) is 16.8 Å². The molecule has 0 spiro atoms. The Morgan fingerprint density at radius 3 is 2.68 bits per heavy atom. The summed E-state index contributed by atoms with van der Waals surface area (Å²) in [4.78, 5) is 4.10. The van der Waals surface area contributed by atoms with Gasteiger partial charge in [0.25, 0.3) is 0 Å². The molecule has 22 heavy (non-hydrogen) atoms. The molecule has 4 aromatic rings. The van der Waals surface area contributed by atoms with Crippen LogP contribution in [0.5, 0.6) is 0 Å². The Bertz CT molecular complexity index is 948. The number of hydrogen-bond acceptors (Lipinski definition) is 3. The van der Waals surface area contributed by atoms with E-state index in [2.05, 4.69) is 10.1 Å². The van der Waals surface area contributed by atoms with Crippen LogP contribution in [-0.2, 0) is 0 Å². The summed E-state index contributed by atoms with van der Waals surface area (Å²) in [5.41, 5.74) is 3.39. The number of para-hydroxylation sites is 1. The van der Waals surface area contributed by atoms with Gasteiger partial charge in [-0.1, -0.05) is 29.4 Å². The van der Waals surface area contributed by atoms with Crippen molar-refractivity contribution in [3.63, 3.8) is 0 Å². The summed E-state index contributed by atoms with van der Waals surface area (Å²) in [6.45, 7) is 0.